The van der Waals surface area contributed by atoms with E-state index in [1.165, 1.54) is 0 Å². The summed E-state index contributed by atoms with van der Waals surface area (Å²) in [7, 11) is 0. The Morgan fingerprint density at radius 3 is 2.57 bits per heavy atom. The van der Waals surface area contributed by atoms with Crippen molar-refractivity contribution >= 4 is 28.8 Å². The van der Waals surface area contributed by atoms with Crippen molar-refractivity contribution in [3.8, 4) is 0 Å². The molecule has 1 fully saturated rings. The summed E-state index contributed by atoms with van der Waals surface area (Å²) in [6.45, 7) is -0.184. The summed E-state index contributed by atoms with van der Waals surface area (Å²) >= 11 is 0.848. The second-order valence-electron chi connectivity index (χ2n) is 4.08. The molecule has 1 heterocycles. The number of amides is 3. The van der Waals surface area contributed by atoms with Crippen LogP contribution in [0, 0.1) is 17.5 Å². The maximum absolute atomic E-state index is 13.4. The maximum atomic E-state index is 13.4. The summed E-state index contributed by atoms with van der Waals surface area (Å²) in [6, 6.07) is 1.45. The van der Waals surface area contributed by atoms with Crippen molar-refractivity contribution in [3.05, 3.63) is 35.1 Å². The van der Waals surface area contributed by atoms with Gasteiger partial charge in [-0.25, -0.2) is 13.2 Å². The Balaban J connectivity index is 1.95. The van der Waals surface area contributed by atoms with Crippen molar-refractivity contribution in [2.75, 3.05) is 18.8 Å². The van der Waals surface area contributed by atoms with Crippen LogP contribution in [0.3, 0.4) is 0 Å². The number of hydrogen-bond acceptors (Lipinski definition) is 4. The number of nitrogens with one attached hydrogen (secondary N) is 1. The molecular formula is C12H9F3N2O3S. The first-order valence-corrected chi connectivity index (χ1v) is 6.79. The summed E-state index contributed by atoms with van der Waals surface area (Å²) in [5, 5.41) is 1.81. The van der Waals surface area contributed by atoms with Crippen LogP contribution in [-0.2, 0) is 4.79 Å². The van der Waals surface area contributed by atoms with Gasteiger partial charge in [0.25, 0.3) is 11.1 Å². The molecule has 0 aromatic heterocycles. The lowest BCUT2D eigenvalue weighted by atomic mass is 10.2. The van der Waals surface area contributed by atoms with Crippen LogP contribution in [0.4, 0.5) is 18.0 Å². The Hall–Kier alpha value is -2.03. The lowest BCUT2D eigenvalue weighted by Crippen LogP contribution is -2.37. The lowest BCUT2D eigenvalue weighted by Gasteiger charge is -2.13. The van der Waals surface area contributed by atoms with Crippen molar-refractivity contribution in [2.45, 2.75) is 0 Å². The highest BCUT2D eigenvalue weighted by Gasteiger charge is 2.29. The van der Waals surface area contributed by atoms with Crippen molar-refractivity contribution in [3.63, 3.8) is 0 Å². The normalized spacial score (nSPS) is 14.7. The first kappa shape index (κ1) is 15.4. The molecule has 1 aliphatic rings. The van der Waals surface area contributed by atoms with Gasteiger partial charge < -0.3 is 5.32 Å². The second kappa shape index (κ2) is 6.17. The van der Waals surface area contributed by atoms with Crippen LogP contribution < -0.4 is 5.32 Å². The van der Waals surface area contributed by atoms with E-state index >= 15 is 0 Å². The summed E-state index contributed by atoms with van der Waals surface area (Å²) in [5.41, 5.74) is -0.651. The van der Waals surface area contributed by atoms with Gasteiger partial charge >= 0.3 is 0 Å². The van der Waals surface area contributed by atoms with E-state index in [1.807, 2.05) is 0 Å². The number of nitrogens with zero attached hydrogens (tertiary/aromatic N) is 1. The van der Waals surface area contributed by atoms with Crippen molar-refractivity contribution in [2.24, 2.45) is 0 Å². The molecular weight excluding hydrogens is 309 g/mol. The minimum atomic E-state index is -1.73. The summed E-state index contributed by atoms with van der Waals surface area (Å²) in [4.78, 5) is 35.1. The van der Waals surface area contributed by atoms with E-state index in [2.05, 4.69) is 5.32 Å². The second-order valence-corrected chi connectivity index (χ2v) is 5.01. The summed E-state index contributed by atoms with van der Waals surface area (Å²) in [6.07, 6.45) is 0. The monoisotopic (exact) mass is 318 g/mol. The molecule has 1 aromatic carbocycles. The number of rotatable bonds is 4. The fourth-order valence-corrected chi connectivity index (χ4v) is 2.43. The molecule has 0 atom stereocenters. The first-order valence-electron chi connectivity index (χ1n) is 5.80. The number of carbonyl (C=O) groups excluding carboxylic acids is 3. The smallest absolute Gasteiger partial charge is 0.288 e. The quantitative estimate of drug-likeness (QED) is 0.855. The number of carbonyl (C=O) groups is 3. The molecule has 0 saturated carbocycles. The Bertz CT molecular complexity index is 608. The highest BCUT2D eigenvalue weighted by Crippen LogP contribution is 2.18. The van der Waals surface area contributed by atoms with Gasteiger partial charge in [-0.15, -0.1) is 0 Å². The van der Waals surface area contributed by atoms with E-state index in [-0.39, 0.29) is 24.7 Å². The van der Waals surface area contributed by atoms with E-state index in [0.29, 0.717) is 6.07 Å². The number of benzene rings is 1. The minimum absolute atomic E-state index is 0.0462. The molecule has 1 N–H and O–H groups in total. The van der Waals surface area contributed by atoms with E-state index < -0.39 is 34.2 Å². The maximum Gasteiger partial charge on any atom is 0.288 e. The van der Waals surface area contributed by atoms with Crippen molar-refractivity contribution in [1.29, 1.82) is 0 Å². The minimum Gasteiger partial charge on any atom is -0.350 e. The molecule has 0 unspecified atom stereocenters. The van der Waals surface area contributed by atoms with Crippen molar-refractivity contribution in [1.82, 2.24) is 10.2 Å². The number of thioether (sulfide) groups is 1. The predicted molar refractivity (Wildman–Crippen MR) is 68.2 cm³/mol. The van der Waals surface area contributed by atoms with Gasteiger partial charge in [0.2, 0.25) is 5.91 Å². The van der Waals surface area contributed by atoms with Gasteiger partial charge in [0.1, 0.15) is 0 Å². The number of hydrogen-bond donors (Lipinski definition) is 1. The van der Waals surface area contributed by atoms with Crippen LogP contribution in [0.5, 0.6) is 0 Å². The average molecular weight is 318 g/mol. The largest absolute Gasteiger partial charge is 0.350 e. The molecule has 1 aromatic rings. The zero-order chi connectivity index (χ0) is 15.6. The molecule has 2 rings (SSSR count). The van der Waals surface area contributed by atoms with Gasteiger partial charge in [-0.1, -0.05) is 11.8 Å². The molecule has 1 aliphatic heterocycles. The zero-order valence-corrected chi connectivity index (χ0v) is 11.3. The van der Waals surface area contributed by atoms with Gasteiger partial charge in [0.05, 0.1) is 11.3 Å². The SMILES string of the molecule is O=C(NCCN1C(=O)CSC1=O)c1ccc(F)c(F)c1F. The van der Waals surface area contributed by atoms with Crippen LogP contribution in [-0.4, -0.2) is 40.8 Å². The van der Waals surface area contributed by atoms with E-state index in [1.54, 1.807) is 0 Å². The van der Waals surface area contributed by atoms with E-state index in [0.717, 1.165) is 22.7 Å². The van der Waals surface area contributed by atoms with E-state index in [4.69, 9.17) is 0 Å². The van der Waals surface area contributed by atoms with Crippen LogP contribution in [0.25, 0.3) is 0 Å². The number of halogens is 3. The topological polar surface area (TPSA) is 66.5 Å². The van der Waals surface area contributed by atoms with Gasteiger partial charge in [-0.3, -0.25) is 19.3 Å². The van der Waals surface area contributed by atoms with Crippen LogP contribution in [0.1, 0.15) is 10.4 Å². The third kappa shape index (κ3) is 3.18. The lowest BCUT2D eigenvalue weighted by molar-refractivity contribution is -0.124. The molecule has 112 valence electrons. The molecule has 9 heteroatoms. The molecule has 0 spiro atoms. The van der Waals surface area contributed by atoms with Gasteiger partial charge in [0.15, 0.2) is 17.5 Å². The highest BCUT2D eigenvalue weighted by molar-refractivity contribution is 8.14. The highest BCUT2D eigenvalue weighted by atomic mass is 32.2. The third-order valence-corrected chi connectivity index (χ3v) is 3.60. The molecule has 0 bridgehead atoms. The van der Waals surface area contributed by atoms with Crippen LogP contribution in [0.15, 0.2) is 12.1 Å². The zero-order valence-electron chi connectivity index (χ0n) is 10.5. The predicted octanol–water partition coefficient (Wildman–Crippen LogP) is 1.53. The Morgan fingerprint density at radius 2 is 1.95 bits per heavy atom. The molecule has 5 nitrogen and oxygen atoms in total. The molecule has 21 heavy (non-hydrogen) atoms. The van der Waals surface area contributed by atoms with Crippen molar-refractivity contribution < 1.29 is 27.6 Å². The van der Waals surface area contributed by atoms with Gasteiger partial charge in [0, 0.05) is 13.1 Å². The molecule has 0 radical (unpaired) electrons. The van der Waals surface area contributed by atoms with Crippen LogP contribution in [0.2, 0.25) is 0 Å². The summed E-state index contributed by atoms with van der Waals surface area (Å²) < 4.78 is 39.1. The summed E-state index contributed by atoms with van der Waals surface area (Å²) in [5.74, 6) is -6.00. The fourth-order valence-electron chi connectivity index (χ4n) is 1.67. The third-order valence-electron chi connectivity index (χ3n) is 2.74. The standard InChI is InChI=1S/C12H9F3N2O3S/c13-7-2-1-6(9(14)10(7)15)11(19)16-3-4-17-8(18)5-21-12(17)20/h1-2H,3-5H2,(H,16,19). The Morgan fingerprint density at radius 1 is 1.24 bits per heavy atom. The average Bonchev–Trinajstić information content (AvgIpc) is 2.76. The first-order chi connectivity index (χ1) is 9.91. The van der Waals surface area contributed by atoms with Gasteiger partial charge in [-0.2, -0.15) is 0 Å². The van der Waals surface area contributed by atoms with Gasteiger partial charge in [-0.05, 0) is 12.1 Å². The number of imide groups is 1. The molecule has 1 saturated heterocycles. The Labute approximate surface area is 121 Å². The molecule has 0 aliphatic carbocycles. The molecule has 3 amide bonds. The van der Waals surface area contributed by atoms with Crippen LogP contribution >= 0.6 is 11.8 Å². The fraction of sp³-hybridized carbons (Fsp3) is 0.250. The Kier molecular flexibility index (Phi) is 4.51. The van der Waals surface area contributed by atoms with E-state index in [9.17, 15) is 27.6 Å².